The predicted molar refractivity (Wildman–Crippen MR) is 45.7 cm³/mol. The normalized spacial score (nSPS) is 25.6. The van der Waals surface area contributed by atoms with Gasteiger partial charge in [-0.3, -0.25) is 9.69 Å². The van der Waals surface area contributed by atoms with E-state index in [1.54, 1.807) is 0 Å². The quantitative estimate of drug-likeness (QED) is 0.629. The molecule has 70 valence electrons. The van der Waals surface area contributed by atoms with E-state index in [1.165, 1.54) is 0 Å². The third kappa shape index (κ3) is 2.46. The number of rotatable bonds is 3. The van der Waals surface area contributed by atoms with Crippen LogP contribution in [0.2, 0.25) is 0 Å². The van der Waals surface area contributed by atoms with Crippen LogP contribution in [-0.2, 0) is 9.53 Å². The summed E-state index contributed by atoms with van der Waals surface area (Å²) in [5.41, 5.74) is 5.12. The Labute approximate surface area is 72.7 Å². The van der Waals surface area contributed by atoms with Crippen LogP contribution < -0.4 is 5.73 Å². The molecule has 0 aromatic heterocycles. The molecule has 0 aromatic carbocycles. The van der Waals surface area contributed by atoms with Crippen LogP contribution in [0.25, 0.3) is 0 Å². The molecule has 0 aromatic rings. The lowest BCUT2D eigenvalue weighted by molar-refractivity contribution is -0.121. The molecule has 1 rings (SSSR count). The van der Waals surface area contributed by atoms with Gasteiger partial charge in [0.15, 0.2) is 0 Å². The van der Waals surface area contributed by atoms with Crippen LogP contribution in [0, 0.1) is 0 Å². The number of amides is 1. The predicted octanol–water partition coefficient (Wildman–Crippen LogP) is -0.417. The molecular formula is C8H16N2O2. The van der Waals surface area contributed by atoms with Gasteiger partial charge in [0.25, 0.3) is 0 Å². The second-order valence-corrected chi connectivity index (χ2v) is 3.03. The fraction of sp³-hybridized carbons (Fsp3) is 0.875. The number of nitrogens with two attached hydrogens (primary N) is 1. The highest BCUT2D eigenvalue weighted by Gasteiger charge is 2.22. The Balaban J connectivity index is 2.41. The smallest absolute Gasteiger partial charge is 0.219 e. The minimum atomic E-state index is -0.246. The summed E-state index contributed by atoms with van der Waals surface area (Å²) in [6.07, 6.45) is 0.411. The largest absolute Gasteiger partial charge is 0.378 e. The van der Waals surface area contributed by atoms with Gasteiger partial charge in [-0.2, -0.15) is 0 Å². The third-order valence-electron chi connectivity index (χ3n) is 2.19. The molecule has 1 atom stereocenters. The minimum absolute atomic E-state index is 0.196. The highest BCUT2D eigenvalue weighted by molar-refractivity contribution is 5.74. The zero-order valence-corrected chi connectivity index (χ0v) is 7.45. The molecule has 1 heterocycles. The van der Waals surface area contributed by atoms with Crippen LogP contribution in [0.5, 0.6) is 0 Å². The number of carbonyl (C=O) groups is 1. The SMILES string of the molecule is CCN1CCOCC1CC(N)=O. The first-order valence-corrected chi connectivity index (χ1v) is 4.34. The number of likely N-dealkylation sites (N-methyl/N-ethyl adjacent to an activating group) is 1. The van der Waals surface area contributed by atoms with Crippen LogP contribution in [-0.4, -0.2) is 43.2 Å². The summed E-state index contributed by atoms with van der Waals surface area (Å²) in [7, 11) is 0. The molecule has 4 nitrogen and oxygen atoms in total. The molecule has 0 aliphatic carbocycles. The van der Waals surface area contributed by atoms with Crippen molar-refractivity contribution in [2.45, 2.75) is 19.4 Å². The summed E-state index contributed by atoms with van der Waals surface area (Å²) in [5, 5.41) is 0. The Morgan fingerprint density at radius 1 is 1.75 bits per heavy atom. The number of nitrogens with zero attached hydrogens (tertiary/aromatic N) is 1. The standard InChI is InChI=1S/C8H16N2O2/c1-2-10-3-4-12-6-7(10)5-8(9)11/h7H,2-6H2,1H3,(H2,9,11). The van der Waals surface area contributed by atoms with E-state index >= 15 is 0 Å². The highest BCUT2D eigenvalue weighted by Crippen LogP contribution is 2.08. The van der Waals surface area contributed by atoms with Crippen molar-refractivity contribution in [1.82, 2.24) is 4.90 Å². The zero-order valence-electron chi connectivity index (χ0n) is 7.45. The monoisotopic (exact) mass is 172 g/mol. The van der Waals surface area contributed by atoms with E-state index in [0.717, 1.165) is 19.7 Å². The van der Waals surface area contributed by atoms with Crippen molar-refractivity contribution in [2.75, 3.05) is 26.3 Å². The maximum atomic E-state index is 10.7. The molecule has 1 saturated heterocycles. The molecule has 0 bridgehead atoms. The Bertz CT molecular complexity index is 161. The second kappa shape index (κ2) is 4.42. The average molecular weight is 172 g/mol. The first-order chi connectivity index (χ1) is 5.74. The van der Waals surface area contributed by atoms with Crippen molar-refractivity contribution in [2.24, 2.45) is 5.73 Å². The van der Waals surface area contributed by atoms with Gasteiger partial charge >= 0.3 is 0 Å². The van der Waals surface area contributed by atoms with Gasteiger partial charge in [-0.15, -0.1) is 0 Å². The topological polar surface area (TPSA) is 55.6 Å². The number of primary amides is 1. The molecule has 1 amide bonds. The molecule has 0 spiro atoms. The first-order valence-electron chi connectivity index (χ1n) is 4.34. The lowest BCUT2D eigenvalue weighted by atomic mass is 10.1. The number of hydrogen-bond donors (Lipinski definition) is 1. The Morgan fingerprint density at radius 2 is 2.50 bits per heavy atom. The van der Waals surface area contributed by atoms with Crippen molar-refractivity contribution in [3.05, 3.63) is 0 Å². The lowest BCUT2D eigenvalue weighted by Crippen LogP contribution is -2.46. The number of ether oxygens (including phenoxy) is 1. The molecule has 0 saturated carbocycles. The highest BCUT2D eigenvalue weighted by atomic mass is 16.5. The van der Waals surface area contributed by atoms with Gasteiger partial charge < -0.3 is 10.5 Å². The molecule has 12 heavy (non-hydrogen) atoms. The number of hydrogen-bond acceptors (Lipinski definition) is 3. The van der Waals surface area contributed by atoms with E-state index in [9.17, 15) is 4.79 Å². The summed E-state index contributed by atoms with van der Waals surface area (Å²) in [5.74, 6) is -0.246. The minimum Gasteiger partial charge on any atom is -0.378 e. The van der Waals surface area contributed by atoms with Gasteiger partial charge in [0.1, 0.15) is 0 Å². The fourth-order valence-electron chi connectivity index (χ4n) is 1.53. The van der Waals surface area contributed by atoms with E-state index in [1.807, 2.05) is 0 Å². The van der Waals surface area contributed by atoms with Gasteiger partial charge in [0.2, 0.25) is 5.91 Å². The molecule has 4 heteroatoms. The van der Waals surface area contributed by atoms with Gasteiger partial charge in [-0.25, -0.2) is 0 Å². The summed E-state index contributed by atoms with van der Waals surface area (Å²) >= 11 is 0. The fourth-order valence-corrected chi connectivity index (χ4v) is 1.53. The lowest BCUT2D eigenvalue weighted by Gasteiger charge is -2.33. The van der Waals surface area contributed by atoms with E-state index in [2.05, 4.69) is 11.8 Å². The number of carbonyl (C=O) groups excluding carboxylic acids is 1. The van der Waals surface area contributed by atoms with E-state index in [-0.39, 0.29) is 11.9 Å². The van der Waals surface area contributed by atoms with E-state index < -0.39 is 0 Å². The summed E-state index contributed by atoms with van der Waals surface area (Å²) < 4.78 is 5.27. The second-order valence-electron chi connectivity index (χ2n) is 3.03. The molecule has 1 aliphatic rings. The molecule has 0 radical (unpaired) electrons. The zero-order chi connectivity index (χ0) is 8.97. The van der Waals surface area contributed by atoms with Gasteiger partial charge in [0, 0.05) is 19.0 Å². The summed E-state index contributed by atoms with van der Waals surface area (Å²) in [4.78, 5) is 12.9. The van der Waals surface area contributed by atoms with E-state index in [0.29, 0.717) is 13.0 Å². The Kier molecular flexibility index (Phi) is 3.49. The van der Waals surface area contributed by atoms with Crippen LogP contribution in [0.15, 0.2) is 0 Å². The molecule has 2 N–H and O–H groups in total. The van der Waals surface area contributed by atoms with Crippen LogP contribution in [0.3, 0.4) is 0 Å². The van der Waals surface area contributed by atoms with Gasteiger partial charge in [-0.1, -0.05) is 6.92 Å². The van der Waals surface area contributed by atoms with Crippen molar-refractivity contribution in [1.29, 1.82) is 0 Å². The van der Waals surface area contributed by atoms with Crippen LogP contribution >= 0.6 is 0 Å². The Hall–Kier alpha value is -0.610. The van der Waals surface area contributed by atoms with Gasteiger partial charge in [0.05, 0.1) is 13.2 Å². The summed E-state index contributed by atoms with van der Waals surface area (Å²) in [6, 6.07) is 0.196. The third-order valence-corrected chi connectivity index (χ3v) is 2.19. The molecule has 1 aliphatic heterocycles. The molecule has 1 fully saturated rings. The summed E-state index contributed by atoms with van der Waals surface area (Å²) in [6.45, 7) is 5.36. The average Bonchev–Trinajstić information content (AvgIpc) is 2.04. The molecular weight excluding hydrogens is 156 g/mol. The number of morpholine rings is 1. The van der Waals surface area contributed by atoms with Gasteiger partial charge in [-0.05, 0) is 6.54 Å². The first kappa shape index (κ1) is 9.48. The maximum Gasteiger partial charge on any atom is 0.219 e. The van der Waals surface area contributed by atoms with Crippen LogP contribution in [0.4, 0.5) is 0 Å². The maximum absolute atomic E-state index is 10.7. The van der Waals surface area contributed by atoms with Crippen molar-refractivity contribution in [3.8, 4) is 0 Å². The van der Waals surface area contributed by atoms with Crippen LogP contribution in [0.1, 0.15) is 13.3 Å². The van der Waals surface area contributed by atoms with Crippen molar-refractivity contribution < 1.29 is 9.53 Å². The van der Waals surface area contributed by atoms with E-state index in [4.69, 9.17) is 10.5 Å². The Morgan fingerprint density at radius 3 is 3.08 bits per heavy atom. The van der Waals surface area contributed by atoms with Crippen molar-refractivity contribution in [3.63, 3.8) is 0 Å². The van der Waals surface area contributed by atoms with Crippen molar-refractivity contribution >= 4 is 5.91 Å². The molecule has 1 unspecified atom stereocenters.